The van der Waals surface area contributed by atoms with E-state index < -0.39 is 11.2 Å². The van der Waals surface area contributed by atoms with E-state index in [4.69, 9.17) is 5.11 Å². The quantitative estimate of drug-likeness (QED) is 0.862. The molecule has 4 nitrogen and oxygen atoms in total. The van der Waals surface area contributed by atoms with Crippen molar-refractivity contribution in [3.63, 3.8) is 0 Å². The molecule has 1 N–H and O–H groups in total. The lowest BCUT2D eigenvalue weighted by molar-refractivity contribution is -0.136. The molecular formula is C17H23NO3S. The van der Waals surface area contributed by atoms with Crippen LogP contribution in [-0.2, 0) is 4.79 Å². The minimum atomic E-state index is -0.865. The molecule has 0 saturated carbocycles. The lowest BCUT2D eigenvalue weighted by atomic mass is 10.0. The largest absolute Gasteiger partial charge is 0.480 e. The molecule has 0 aromatic heterocycles. The van der Waals surface area contributed by atoms with Gasteiger partial charge in [-0.3, -0.25) is 9.59 Å². The molecule has 1 saturated heterocycles. The Bertz CT molecular complexity index is 546. The summed E-state index contributed by atoms with van der Waals surface area (Å²) in [4.78, 5) is 26.5. The van der Waals surface area contributed by atoms with E-state index in [1.165, 1.54) is 11.8 Å². The van der Waals surface area contributed by atoms with Gasteiger partial charge in [0.2, 0.25) is 0 Å². The number of benzene rings is 1. The fraction of sp³-hybridized carbons (Fsp3) is 0.529. The molecule has 22 heavy (non-hydrogen) atoms. The Balaban J connectivity index is 2.17. The first-order valence-electron chi connectivity index (χ1n) is 7.76. The van der Waals surface area contributed by atoms with Gasteiger partial charge in [-0.05, 0) is 44.2 Å². The Hall–Kier alpha value is -1.49. The van der Waals surface area contributed by atoms with Gasteiger partial charge in [0.05, 0.1) is 5.56 Å². The zero-order valence-corrected chi connectivity index (χ0v) is 13.9. The predicted octanol–water partition coefficient (Wildman–Crippen LogP) is 3.51. The van der Waals surface area contributed by atoms with Crippen molar-refractivity contribution in [2.24, 2.45) is 5.92 Å². The third-order valence-electron chi connectivity index (χ3n) is 4.07. The summed E-state index contributed by atoms with van der Waals surface area (Å²) in [6, 6.07) is 7.31. The second-order valence-electron chi connectivity index (χ2n) is 5.92. The molecule has 0 radical (unpaired) electrons. The van der Waals surface area contributed by atoms with E-state index in [2.05, 4.69) is 6.92 Å². The number of likely N-dealkylation sites (tertiary alicyclic amines) is 1. The summed E-state index contributed by atoms with van der Waals surface area (Å²) in [6.45, 7) is 5.44. The minimum Gasteiger partial charge on any atom is -0.480 e. The Morgan fingerprint density at radius 1 is 1.27 bits per heavy atom. The van der Waals surface area contributed by atoms with Gasteiger partial charge < -0.3 is 10.0 Å². The number of carboxylic acids is 1. The molecule has 120 valence electrons. The van der Waals surface area contributed by atoms with Crippen molar-refractivity contribution in [2.45, 2.75) is 43.3 Å². The number of hydrogen-bond acceptors (Lipinski definition) is 3. The van der Waals surface area contributed by atoms with Crippen molar-refractivity contribution in [2.75, 3.05) is 13.1 Å². The first-order valence-corrected chi connectivity index (χ1v) is 8.64. The van der Waals surface area contributed by atoms with Gasteiger partial charge in [0.1, 0.15) is 5.25 Å². The van der Waals surface area contributed by atoms with E-state index in [-0.39, 0.29) is 5.91 Å². The molecule has 1 fully saturated rings. The number of rotatable bonds is 4. The average molecular weight is 321 g/mol. The zero-order chi connectivity index (χ0) is 16.1. The Morgan fingerprint density at radius 2 is 2.00 bits per heavy atom. The number of carbonyl (C=O) groups excluding carboxylic acids is 1. The first-order chi connectivity index (χ1) is 10.5. The van der Waals surface area contributed by atoms with Gasteiger partial charge in [0, 0.05) is 18.0 Å². The highest BCUT2D eigenvalue weighted by atomic mass is 32.2. The van der Waals surface area contributed by atoms with E-state index in [0.29, 0.717) is 11.5 Å². The van der Waals surface area contributed by atoms with Crippen LogP contribution in [0.25, 0.3) is 0 Å². The van der Waals surface area contributed by atoms with Crippen molar-refractivity contribution >= 4 is 23.6 Å². The van der Waals surface area contributed by atoms with Crippen LogP contribution in [0.5, 0.6) is 0 Å². The molecule has 1 heterocycles. The number of amides is 1. The lowest BCUT2D eigenvalue weighted by Gasteiger charge is -2.22. The van der Waals surface area contributed by atoms with Gasteiger partial charge in [0.25, 0.3) is 5.91 Å². The second kappa shape index (κ2) is 7.68. The van der Waals surface area contributed by atoms with Crippen LogP contribution in [0.1, 0.15) is 43.5 Å². The third-order valence-corrected chi connectivity index (χ3v) is 5.24. The molecule has 1 aliphatic heterocycles. The molecule has 1 aliphatic rings. The van der Waals surface area contributed by atoms with Crippen LogP contribution in [0, 0.1) is 5.92 Å². The van der Waals surface area contributed by atoms with Crippen LogP contribution >= 0.6 is 11.8 Å². The summed E-state index contributed by atoms with van der Waals surface area (Å²) in [5, 5.41) is 8.50. The van der Waals surface area contributed by atoms with Gasteiger partial charge in [0.15, 0.2) is 0 Å². The third kappa shape index (κ3) is 4.26. The summed E-state index contributed by atoms with van der Waals surface area (Å²) in [7, 11) is 0. The molecule has 2 unspecified atom stereocenters. The van der Waals surface area contributed by atoms with Gasteiger partial charge in [-0.1, -0.05) is 19.1 Å². The maximum absolute atomic E-state index is 12.8. The molecule has 0 aliphatic carbocycles. The maximum Gasteiger partial charge on any atom is 0.316 e. The summed E-state index contributed by atoms with van der Waals surface area (Å²) in [5.41, 5.74) is 0.621. The van der Waals surface area contributed by atoms with Crippen LogP contribution in [0.3, 0.4) is 0 Å². The van der Waals surface area contributed by atoms with Crippen molar-refractivity contribution in [3.8, 4) is 0 Å². The maximum atomic E-state index is 12.8. The number of carbonyl (C=O) groups is 2. The normalized spacial score (nSPS) is 20.3. The fourth-order valence-electron chi connectivity index (χ4n) is 2.62. The monoisotopic (exact) mass is 321 g/mol. The molecule has 1 amide bonds. The fourth-order valence-corrected chi connectivity index (χ4v) is 3.54. The van der Waals surface area contributed by atoms with Gasteiger partial charge in [-0.2, -0.15) is 0 Å². The van der Waals surface area contributed by atoms with E-state index in [9.17, 15) is 9.59 Å². The van der Waals surface area contributed by atoms with Gasteiger partial charge in [-0.25, -0.2) is 0 Å². The van der Waals surface area contributed by atoms with Gasteiger partial charge >= 0.3 is 5.97 Å². The van der Waals surface area contributed by atoms with E-state index >= 15 is 0 Å². The number of carboxylic acid groups (broad SMARTS) is 1. The minimum absolute atomic E-state index is 0.0230. The number of hydrogen-bond donors (Lipinski definition) is 1. The Labute approximate surface area is 135 Å². The summed E-state index contributed by atoms with van der Waals surface area (Å²) >= 11 is 1.23. The summed E-state index contributed by atoms with van der Waals surface area (Å²) < 4.78 is 0. The SMILES string of the molecule is CC1CCCN(C(=O)c2ccccc2SC(C)C(=O)O)CC1. The summed E-state index contributed by atoms with van der Waals surface area (Å²) in [6.07, 6.45) is 3.23. The zero-order valence-electron chi connectivity index (χ0n) is 13.1. The lowest BCUT2D eigenvalue weighted by Crippen LogP contribution is -2.32. The van der Waals surface area contributed by atoms with Crippen molar-refractivity contribution in [1.29, 1.82) is 0 Å². The average Bonchev–Trinajstić information content (AvgIpc) is 2.71. The number of aliphatic carboxylic acids is 1. The molecule has 2 atom stereocenters. The standard InChI is InChI=1S/C17H23NO3S/c1-12-6-5-10-18(11-9-12)16(19)14-7-3-4-8-15(14)22-13(2)17(20)21/h3-4,7-8,12-13H,5-6,9-11H2,1-2H3,(H,20,21). The van der Waals surface area contributed by atoms with Crippen LogP contribution in [0.4, 0.5) is 0 Å². The molecule has 0 spiro atoms. The molecule has 1 aromatic rings. The highest BCUT2D eigenvalue weighted by Crippen LogP contribution is 2.28. The van der Waals surface area contributed by atoms with Gasteiger partial charge in [-0.15, -0.1) is 11.8 Å². The topological polar surface area (TPSA) is 57.6 Å². The summed E-state index contributed by atoms with van der Waals surface area (Å²) in [5.74, 6) is -0.180. The second-order valence-corrected chi connectivity index (χ2v) is 7.31. The molecule has 5 heteroatoms. The van der Waals surface area contributed by atoms with E-state index in [1.54, 1.807) is 13.0 Å². The Morgan fingerprint density at radius 3 is 2.73 bits per heavy atom. The van der Waals surface area contributed by atoms with Crippen LogP contribution in [0.2, 0.25) is 0 Å². The van der Waals surface area contributed by atoms with E-state index in [0.717, 1.165) is 37.2 Å². The molecular weight excluding hydrogens is 298 g/mol. The highest BCUT2D eigenvalue weighted by Gasteiger charge is 2.23. The number of thioether (sulfide) groups is 1. The van der Waals surface area contributed by atoms with Crippen molar-refractivity contribution < 1.29 is 14.7 Å². The Kier molecular flexibility index (Phi) is 5.89. The molecule has 2 rings (SSSR count). The highest BCUT2D eigenvalue weighted by molar-refractivity contribution is 8.00. The molecule has 1 aromatic carbocycles. The smallest absolute Gasteiger partial charge is 0.316 e. The predicted molar refractivity (Wildman–Crippen MR) is 88.3 cm³/mol. The van der Waals surface area contributed by atoms with Crippen LogP contribution < -0.4 is 0 Å². The van der Waals surface area contributed by atoms with Crippen molar-refractivity contribution in [1.82, 2.24) is 4.90 Å². The van der Waals surface area contributed by atoms with Crippen LogP contribution in [0.15, 0.2) is 29.2 Å². The first kappa shape index (κ1) is 16.9. The van der Waals surface area contributed by atoms with E-state index in [1.807, 2.05) is 23.1 Å². The van der Waals surface area contributed by atoms with Crippen molar-refractivity contribution in [3.05, 3.63) is 29.8 Å². The molecule has 0 bridgehead atoms. The van der Waals surface area contributed by atoms with Crippen LogP contribution in [-0.4, -0.2) is 40.2 Å². The number of nitrogens with zero attached hydrogens (tertiary/aromatic N) is 1.